The first-order chi connectivity index (χ1) is 11.0. The number of primary amides is 1. The minimum atomic E-state index is -0.290. The molecule has 3 rings (SSSR count). The molecule has 2 amide bonds. The third kappa shape index (κ3) is 3.37. The van der Waals surface area contributed by atoms with Crippen LogP contribution in [0.2, 0.25) is 5.02 Å². The highest BCUT2D eigenvalue weighted by molar-refractivity contribution is 6.30. The fourth-order valence-electron chi connectivity index (χ4n) is 2.73. The molecule has 0 bridgehead atoms. The van der Waals surface area contributed by atoms with Gasteiger partial charge in [0, 0.05) is 30.2 Å². The van der Waals surface area contributed by atoms with Gasteiger partial charge < -0.3 is 10.6 Å². The number of nitrogens with zero attached hydrogens (tertiary/aromatic N) is 3. The second-order valence-electron chi connectivity index (χ2n) is 5.59. The topological polar surface area (TPSA) is 81.2 Å². The Labute approximate surface area is 138 Å². The number of aromatic nitrogens is 2. The van der Waals surface area contributed by atoms with E-state index in [-0.39, 0.29) is 17.7 Å². The van der Waals surface area contributed by atoms with Gasteiger partial charge in [0.25, 0.3) is 5.91 Å². The molecular formula is C16H17ClN4O2. The molecule has 1 aromatic heterocycles. The van der Waals surface area contributed by atoms with Gasteiger partial charge in [0.2, 0.25) is 5.91 Å². The Morgan fingerprint density at radius 1 is 1.22 bits per heavy atom. The SMILES string of the molecule is NC(=O)C1CCN(C(=O)c2ccn(-c3cccc(Cl)c3)n2)CC1. The predicted molar refractivity (Wildman–Crippen MR) is 86.4 cm³/mol. The second-order valence-corrected chi connectivity index (χ2v) is 6.03. The summed E-state index contributed by atoms with van der Waals surface area (Å²) in [7, 11) is 0. The number of benzene rings is 1. The predicted octanol–water partition coefficient (Wildman–Crippen LogP) is 1.86. The van der Waals surface area contributed by atoms with Crippen molar-refractivity contribution in [2.45, 2.75) is 12.8 Å². The number of halogens is 1. The first-order valence-electron chi connectivity index (χ1n) is 7.45. The Morgan fingerprint density at radius 3 is 2.61 bits per heavy atom. The van der Waals surface area contributed by atoms with E-state index in [1.165, 1.54) is 0 Å². The number of rotatable bonds is 3. The van der Waals surface area contributed by atoms with Crippen LogP contribution in [0.4, 0.5) is 0 Å². The molecule has 1 saturated heterocycles. The largest absolute Gasteiger partial charge is 0.369 e. The van der Waals surface area contributed by atoms with Crippen molar-refractivity contribution in [3.05, 3.63) is 47.2 Å². The van der Waals surface area contributed by atoms with E-state index in [4.69, 9.17) is 17.3 Å². The molecule has 23 heavy (non-hydrogen) atoms. The number of amides is 2. The molecule has 0 unspecified atom stereocenters. The van der Waals surface area contributed by atoms with Crippen LogP contribution in [0.15, 0.2) is 36.5 Å². The zero-order chi connectivity index (χ0) is 16.4. The lowest BCUT2D eigenvalue weighted by molar-refractivity contribution is -0.123. The molecule has 0 radical (unpaired) electrons. The van der Waals surface area contributed by atoms with Gasteiger partial charge in [0.05, 0.1) is 5.69 Å². The summed E-state index contributed by atoms with van der Waals surface area (Å²) in [6.45, 7) is 1.05. The van der Waals surface area contributed by atoms with Gasteiger partial charge in [-0.1, -0.05) is 17.7 Å². The van der Waals surface area contributed by atoms with Crippen molar-refractivity contribution >= 4 is 23.4 Å². The van der Waals surface area contributed by atoms with Crippen LogP contribution >= 0.6 is 11.6 Å². The lowest BCUT2D eigenvalue weighted by atomic mass is 9.96. The van der Waals surface area contributed by atoms with Crippen molar-refractivity contribution in [2.24, 2.45) is 11.7 Å². The minimum Gasteiger partial charge on any atom is -0.369 e. The summed E-state index contributed by atoms with van der Waals surface area (Å²) in [5, 5.41) is 4.94. The molecule has 2 aromatic rings. The van der Waals surface area contributed by atoms with Gasteiger partial charge in [0.1, 0.15) is 0 Å². The molecule has 120 valence electrons. The molecule has 1 aliphatic rings. The number of nitrogens with two attached hydrogens (primary N) is 1. The van der Waals surface area contributed by atoms with Crippen molar-refractivity contribution in [1.29, 1.82) is 0 Å². The van der Waals surface area contributed by atoms with Crippen LogP contribution in [0.1, 0.15) is 23.3 Å². The van der Waals surface area contributed by atoms with E-state index < -0.39 is 0 Å². The fourth-order valence-corrected chi connectivity index (χ4v) is 2.91. The summed E-state index contributed by atoms with van der Waals surface area (Å²) < 4.78 is 1.62. The van der Waals surface area contributed by atoms with Gasteiger partial charge in [-0.2, -0.15) is 5.10 Å². The normalized spacial score (nSPS) is 15.6. The molecule has 1 aromatic carbocycles. The quantitative estimate of drug-likeness (QED) is 0.931. The zero-order valence-corrected chi connectivity index (χ0v) is 13.2. The Balaban J connectivity index is 1.71. The maximum absolute atomic E-state index is 12.5. The van der Waals surface area contributed by atoms with E-state index in [0.29, 0.717) is 36.6 Å². The van der Waals surface area contributed by atoms with E-state index in [0.717, 1.165) is 5.69 Å². The second kappa shape index (κ2) is 6.42. The van der Waals surface area contributed by atoms with Crippen LogP contribution in [0.3, 0.4) is 0 Å². The van der Waals surface area contributed by atoms with E-state index in [9.17, 15) is 9.59 Å². The molecule has 6 nitrogen and oxygen atoms in total. The van der Waals surface area contributed by atoms with Crippen molar-refractivity contribution in [3.63, 3.8) is 0 Å². The van der Waals surface area contributed by atoms with Crippen LogP contribution in [-0.4, -0.2) is 39.6 Å². The van der Waals surface area contributed by atoms with Crippen LogP contribution in [0.25, 0.3) is 5.69 Å². The van der Waals surface area contributed by atoms with E-state index in [1.807, 2.05) is 12.1 Å². The lowest BCUT2D eigenvalue weighted by Gasteiger charge is -2.29. The van der Waals surface area contributed by atoms with Crippen molar-refractivity contribution in [1.82, 2.24) is 14.7 Å². The van der Waals surface area contributed by atoms with Crippen LogP contribution in [0.5, 0.6) is 0 Å². The number of hydrogen-bond donors (Lipinski definition) is 1. The Kier molecular flexibility index (Phi) is 4.34. The van der Waals surface area contributed by atoms with Crippen molar-refractivity contribution in [2.75, 3.05) is 13.1 Å². The highest BCUT2D eigenvalue weighted by atomic mass is 35.5. The van der Waals surface area contributed by atoms with Crippen molar-refractivity contribution in [3.8, 4) is 5.69 Å². The maximum Gasteiger partial charge on any atom is 0.274 e. The molecule has 0 aliphatic carbocycles. The first-order valence-corrected chi connectivity index (χ1v) is 7.82. The molecule has 0 atom stereocenters. The standard InChI is InChI=1S/C16H17ClN4O2/c17-12-2-1-3-13(10-12)21-9-6-14(19-21)16(23)20-7-4-11(5-8-20)15(18)22/h1-3,6,9-11H,4-5,7-8H2,(H2,18,22). The Morgan fingerprint density at radius 2 is 1.96 bits per heavy atom. The van der Waals surface area contributed by atoms with E-state index in [2.05, 4.69) is 5.10 Å². The molecule has 7 heteroatoms. The van der Waals surface area contributed by atoms with Gasteiger partial charge in [-0.15, -0.1) is 0 Å². The highest BCUT2D eigenvalue weighted by Gasteiger charge is 2.27. The summed E-state index contributed by atoms with van der Waals surface area (Å²) in [5.41, 5.74) is 6.48. The van der Waals surface area contributed by atoms with Gasteiger partial charge in [-0.25, -0.2) is 4.68 Å². The molecule has 0 spiro atoms. The summed E-state index contributed by atoms with van der Waals surface area (Å²) in [6.07, 6.45) is 2.95. The maximum atomic E-state index is 12.5. The number of hydrogen-bond acceptors (Lipinski definition) is 3. The molecule has 1 aliphatic heterocycles. The van der Waals surface area contributed by atoms with Crippen LogP contribution in [-0.2, 0) is 4.79 Å². The van der Waals surface area contributed by atoms with Gasteiger partial charge in [-0.3, -0.25) is 9.59 Å². The molecule has 2 N–H and O–H groups in total. The number of piperidine rings is 1. The third-order valence-corrected chi connectivity index (χ3v) is 4.30. The lowest BCUT2D eigenvalue weighted by Crippen LogP contribution is -2.41. The summed E-state index contributed by atoms with van der Waals surface area (Å²) in [6, 6.07) is 8.94. The molecule has 1 fully saturated rings. The minimum absolute atomic E-state index is 0.131. The van der Waals surface area contributed by atoms with E-state index in [1.54, 1.807) is 34.0 Å². The number of carbonyl (C=O) groups is 2. The van der Waals surface area contributed by atoms with Gasteiger partial charge in [0.15, 0.2) is 5.69 Å². The Bertz CT molecular complexity index is 735. The smallest absolute Gasteiger partial charge is 0.274 e. The number of carbonyl (C=O) groups excluding carboxylic acids is 2. The number of likely N-dealkylation sites (tertiary alicyclic amines) is 1. The molecule has 2 heterocycles. The summed E-state index contributed by atoms with van der Waals surface area (Å²) in [5.74, 6) is -0.556. The van der Waals surface area contributed by atoms with Gasteiger partial charge >= 0.3 is 0 Å². The average molecular weight is 333 g/mol. The van der Waals surface area contributed by atoms with Crippen molar-refractivity contribution < 1.29 is 9.59 Å². The fraction of sp³-hybridized carbons (Fsp3) is 0.312. The third-order valence-electron chi connectivity index (χ3n) is 4.07. The van der Waals surface area contributed by atoms with E-state index >= 15 is 0 Å². The van der Waals surface area contributed by atoms with Crippen LogP contribution in [0, 0.1) is 5.92 Å². The summed E-state index contributed by atoms with van der Waals surface area (Å²) >= 11 is 5.97. The summed E-state index contributed by atoms with van der Waals surface area (Å²) in [4.78, 5) is 25.4. The Hall–Kier alpha value is -2.34. The van der Waals surface area contributed by atoms with Crippen LogP contribution < -0.4 is 5.73 Å². The van der Waals surface area contributed by atoms with Gasteiger partial charge in [-0.05, 0) is 37.1 Å². The zero-order valence-electron chi connectivity index (χ0n) is 12.5. The molecule has 0 saturated carbocycles. The first kappa shape index (κ1) is 15.6. The molecular weight excluding hydrogens is 316 g/mol. The monoisotopic (exact) mass is 332 g/mol. The average Bonchev–Trinajstić information content (AvgIpc) is 3.04. The highest BCUT2D eigenvalue weighted by Crippen LogP contribution is 2.19.